The maximum atomic E-state index is 12.4. The molecule has 0 aliphatic heterocycles. The van der Waals surface area contributed by atoms with Gasteiger partial charge in [-0.15, -0.1) is 0 Å². The quantitative estimate of drug-likeness (QED) is 0.541. The first-order valence-electron chi connectivity index (χ1n) is 9.58. The topological polar surface area (TPSA) is 76.2 Å². The van der Waals surface area contributed by atoms with Crippen molar-refractivity contribution >= 4 is 17.5 Å². The van der Waals surface area contributed by atoms with Gasteiger partial charge in [0.1, 0.15) is 5.69 Å². The zero-order chi connectivity index (χ0) is 20.6. The molecular formula is C22H24ClN3O3. The fraction of sp³-hybridized carbons (Fsp3) is 0.273. The van der Waals surface area contributed by atoms with E-state index in [1.807, 2.05) is 44.2 Å². The van der Waals surface area contributed by atoms with Gasteiger partial charge < -0.3 is 14.8 Å². The Labute approximate surface area is 175 Å². The Morgan fingerprint density at radius 3 is 2.48 bits per heavy atom. The first kappa shape index (κ1) is 20.7. The highest BCUT2D eigenvalue weighted by atomic mass is 35.5. The van der Waals surface area contributed by atoms with Gasteiger partial charge in [0.2, 0.25) is 0 Å². The number of rotatable bonds is 9. The molecule has 1 amide bonds. The second-order valence-electron chi connectivity index (χ2n) is 6.33. The van der Waals surface area contributed by atoms with Crippen LogP contribution in [0.5, 0.6) is 11.5 Å². The van der Waals surface area contributed by atoms with Gasteiger partial charge in [-0.1, -0.05) is 29.8 Å². The van der Waals surface area contributed by atoms with E-state index in [2.05, 4.69) is 15.5 Å². The van der Waals surface area contributed by atoms with Crippen LogP contribution in [-0.4, -0.2) is 35.9 Å². The molecule has 0 radical (unpaired) electrons. The van der Waals surface area contributed by atoms with E-state index < -0.39 is 0 Å². The van der Waals surface area contributed by atoms with Gasteiger partial charge in [0.25, 0.3) is 5.91 Å². The SMILES string of the molecule is CCOc1ccc(CCNC(=O)c2cc(-c3ccc(Cl)cc3)n[nH]2)cc1OCC. The lowest BCUT2D eigenvalue weighted by Gasteiger charge is -2.12. The first-order valence-corrected chi connectivity index (χ1v) is 9.96. The smallest absolute Gasteiger partial charge is 0.269 e. The average molecular weight is 414 g/mol. The Hall–Kier alpha value is -2.99. The standard InChI is InChI=1S/C22H24ClN3O3/c1-3-28-20-10-5-15(13-21(20)29-4-2)11-12-24-22(27)19-14-18(25-26-19)16-6-8-17(23)9-7-16/h5-10,13-14H,3-4,11-12H2,1-2H3,(H,24,27)(H,25,26). The number of benzene rings is 2. The number of nitrogens with one attached hydrogen (secondary N) is 2. The van der Waals surface area contributed by atoms with E-state index in [0.29, 0.717) is 42.6 Å². The van der Waals surface area contributed by atoms with Crippen LogP contribution >= 0.6 is 11.6 Å². The minimum atomic E-state index is -0.200. The summed E-state index contributed by atoms with van der Waals surface area (Å²) < 4.78 is 11.2. The van der Waals surface area contributed by atoms with Crippen LogP contribution in [0.3, 0.4) is 0 Å². The van der Waals surface area contributed by atoms with Crippen LogP contribution < -0.4 is 14.8 Å². The van der Waals surface area contributed by atoms with Crippen LogP contribution in [0.1, 0.15) is 29.9 Å². The van der Waals surface area contributed by atoms with Crippen molar-refractivity contribution in [2.45, 2.75) is 20.3 Å². The van der Waals surface area contributed by atoms with Crippen molar-refractivity contribution in [2.75, 3.05) is 19.8 Å². The van der Waals surface area contributed by atoms with Crippen LogP contribution in [0, 0.1) is 0 Å². The van der Waals surface area contributed by atoms with Gasteiger partial charge in [-0.25, -0.2) is 0 Å². The number of amides is 1. The first-order chi connectivity index (χ1) is 14.1. The van der Waals surface area contributed by atoms with Crippen LogP contribution in [0.2, 0.25) is 5.02 Å². The summed E-state index contributed by atoms with van der Waals surface area (Å²) in [6, 6.07) is 14.9. The van der Waals surface area contributed by atoms with Crippen molar-refractivity contribution in [3.63, 3.8) is 0 Å². The number of hydrogen-bond acceptors (Lipinski definition) is 4. The van der Waals surface area contributed by atoms with Crippen molar-refractivity contribution in [3.8, 4) is 22.8 Å². The summed E-state index contributed by atoms with van der Waals surface area (Å²) in [5.41, 5.74) is 3.06. The van der Waals surface area contributed by atoms with E-state index in [1.165, 1.54) is 0 Å². The fourth-order valence-electron chi connectivity index (χ4n) is 2.87. The Kier molecular flexibility index (Phi) is 7.14. The largest absolute Gasteiger partial charge is 0.490 e. The van der Waals surface area contributed by atoms with E-state index in [4.69, 9.17) is 21.1 Å². The molecular weight excluding hydrogens is 390 g/mol. The minimum Gasteiger partial charge on any atom is -0.490 e. The molecule has 0 bridgehead atoms. The number of hydrogen-bond donors (Lipinski definition) is 2. The molecule has 0 fully saturated rings. The van der Waals surface area contributed by atoms with Gasteiger partial charge in [0.05, 0.1) is 18.9 Å². The molecule has 0 aliphatic carbocycles. The summed E-state index contributed by atoms with van der Waals surface area (Å²) in [4.78, 5) is 12.4. The van der Waals surface area contributed by atoms with Crippen molar-refractivity contribution in [1.29, 1.82) is 0 Å². The third kappa shape index (κ3) is 5.51. The number of aromatic nitrogens is 2. The number of carbonyl (C=O) groups is 1. The lowest BCUT2D eigenvalue weighted by Crippen LogP contribution is -2.26. The van der Waals surface area contributed by atoms with Gasteiger partial charge in [-0.05, 0) is 56.2 Å². The molecule has 0 saturated heterocycles. The Bertz CT molecular complexity index is 954. The summed E-state index contributed by atoms with van der Waals surface area (Å²) in [6.07, 6.45) is 0.677. The number of carbonyl (C=O) groups excluding carboxylic acids is 1. The molecule has 2 aromatic carbocycles. The Balaban J connectivity index is 1.57. The van der Waals surface area contributed by atoms with Gasteiger partial charge in [-0.2, -0.15) is 5.10 Å². The van der Waals surface area contributed by atoms with Crippen molar-refractivity contribution < 1.29 is 14.3 Å². The summed E-state index contributed by atoms with van der Waals surface area (Å²) in [5.74, 6) is 1.25. The van der Waals surface area contributed by atoms with E-state index in [0.717, 1.165) is 22.6 Å². The van der Waals surface area contributed by atoms with Gasteiger partial charge in [-0.3, -0.25) is 9.89 Å². The molecule has 3 rings (SSSR count). The average Bonchev–Trinajstić information content (AvgIpc) is 3.21. The molecule has 2 N–H and O–H groups in total. The van der Waals surface area contributed by atoms with Crippen molar-refractivity contribution in [2.24, 2.45) is 0 Å². The number of aromatic amines is 1. The molecule has 3 aromatic rings. The van der Waals surface area contributed by atoms with E-state index >= 15 is 0 Å². The second-order valence-corrected chi connectivity index (χ2v) is 6.76. The molecule has 0 spiro atoms. The third-order valence-corrected chi connectivity index (χ3v) is 4.52. The maximum absolute atomic E-state index is 12.4. The second kappa shape index (κ2) is 9.98. The van der Waals surface area contributed by atoms with Crippen LogP contribution in [-0.2, 0) is 6.42 Å². The molecule has 0 unspecified atom stereocenters. The summed E-state index contributed by atoms with van der Waals surface area (Å²) >= 11 is 5.91. The third-order valence-electron chi connectivity index (χ3n) is 4.27. The lowest BCUT2D eigenvalue weighted by molar-refractivity contribution is 0.0949. The monoisotopic (exact) mass is 413 g/mol. The normalized spacial score (nSPS) is 10.6. The highest BCUT2D eigenvalue weighted by Gasteiger charge is 2.11. The summed E-state index contributed by atoms with van der Waals surface area (Å²) in [6.45, 7) is 5.51. The van der Waals surface area contributed by atoms with E-state index in [1.54, 1.807) is 18.2 Å². The molecule has 29 heavy (non-hydrogen) atoms. The van der Waals surface area contributed by atoms with E-state index in [-0.39, 0.29) is 5.91 Å². The molecule has 0 aliphatic rings. The van der Waals surface area contributed by atoms with Gasteiger partial charge in [0, 0.05) is 17.1 Å². The molecule has 1 aromatic heterocycles. The Morgan fingerprint density at radius 2 is 1.76 bits per heavy atom. The molecule has 152 valence electrons. The summed E-state index contributed by atoms with van der Waals surface area (Å²) in [7, 11) is 0. The van der Waals surface area contributed by atoms with Gasteiger partial charge in [0.15, 0.2) is 11.5 Å². The predicted octanol–water partition coefficient (Wildman–Crippen LogP) is 4.50. The van der Waals surface area contributed by atoms with Crippen molar-refractivity contribution in [1.82, 2.24) is 15.5 Å². The van der Waals surface area contributed by atoms with Crippen LogP contribution in [0.15, 0.2) is 48.5 Å². The zero-order valence-electron chi connectivity index (χ0n) is 16.5. The summed E-state index contributed by atoms with van der Waals surface area (Å²) in [5, 5.41) is 10.6. The Morgan fingerprint density at radius 1 is 1.03 bits per heavy atom. The molecule has 1 heterocycles. The van der Waals surface area contributed by atoms with E-state index in [9.17, 15) is 4.79 Å². The minimum absolute atomic E-state index is 0.200. The maximum Gasteiger partial charge on any atom is 0.269 e. The van der Waals surface area contributed by atoms with Crippen molar-refractivity contribution in [3.05, 3.63) is 64.8 Å². The number of halogens is 1. The van der Waals surface area contributed by atoms with Crippen LogP contribution in [0.25, 0.3) is 11.3 Å². The lowest BCUT2D eigenvalue weighted by atomic mass is 10.1. The highest BCUT2D eigenvalue weighted by molar-refractivity contribution is 6.30. The zero-order valence-corrected chi connectivity index (χ0v) is 17.3. The molecule has 7 heteroatoms. The van der Waals surface area contributed by atoms with Crippen LogP contribution in [0.4, 0.5) is 0 Å². The molecule has 0 saturated carbocycles. The number of nitrogens with zero attached hydrogens (tertiary/aromatic N) is 1. The predicted molar refractivity (Wildman–Crippen MR) is 114 cm³/mol. The highest BCUT2D eigenvalue weighted by Crippen LogP contribution is 2.28. The molecule has 0 atom stereocenters. The molecule has 6 nitrogen and oxygen atoms in total. The number of ether oxygens (including phenoxy) is 2. The number of H-pyrrole nitrogens is 1. The van der Waals surface area contributed by atoms with Gasteiger partial charge >= 0.3 is 0 Å². The fourth-order valence-corrected chi connectivity index (χ4v) is 3.00.